The summed E-state index contributed by atoms with van der Waals surface area (Å²) in [4.78, 5) is 21.4. The first-order valence-corrected chi connectivity index (χ1v) is 11.2. The van der Waals surface area contributed by atoms with E-state index in [9.17, 15) is 14.3 Å². The zero-order valence-electron chi connectivity index (χ0n) is 18.3. The Kier molecular flexibility index (Phi) is 6.08. The number of hydrogen-bond donors (Lipinski definition) is 1. The van der Waals surface area contributed by atoms with Crippen LogP contribution in [0.25, 0.3) is 11.5 Å². The number of thiazole rings is 1. The number of aromatic nitrogens is 5. The van der Waals surface area contributed by atoms with Crippen LogP contribution in [0.1, 0.15) is 35.8 Å². The van der Waals surface area contributed by atoms with Crippen LogP contribution in [0, 0.1) is 19.0 Å². The van der Waals surface area contributed by atoms with Gasteiger partial charge < -0.3 is 9.84 Å². The highest BCUT2D eigenvalue weighted by Gasteiger charge is 2.21. The maximum Gasteiger partial charge on any atom is 0.277 e. The van der Waals surface area contributed by atoms with E-state index in [1.165, 1.54) is 9.25 Å². The largest absolute Gasteiger partial charge is 0.484 e. The molecule has 11 heteroatoms. The van der Waals surface area contributed by atoms with Gasteiger partial charge in [-0.2, -0.15) is 9.49 Å². The smallest absolute Gasteiger partial charge is 0.277 e. The zero-order chi connectivity index (χ0) is 23.9. The highest BCUT2D eigenvalue weighted by molar-refractivity contribution is 7.09. The third-order valence-corrected chi connectivity index (χ3v) is 6.20. The van der Waals surface area contributed by atoms with E-state index >= 15 is 0 Å². The number of nitrogens with zero attached hydrogens (tertiary/aromatic N) is 5. The Balaban J connectivity index is 1.72. The summed E-state index contributed by atoms with van der Waals surface area (Å²) in [5, 5.41) is 14.5. The Morgan fingerprint density at radius 1 is 1.27 bits per heavy atom. The van der Waals surface area contributed by atoms with Crippen molar-refractivity contribution in [2.24, 2.45) is 0 Å². The van der Waals surface area contributed by atoms with Gasteiger partial charge in [0.05, 0.1) is 17.6 Å². The Labute approximate surface area is 197 Å². The predicted octanol–water partition coefficient (Wildman–Crippen LogP) is 4.09. The monoisotopic (exact) mass is 489 g/mol. The first-order valence-electron chi connectivity index (χ1n) is 9.96. The van der Waals surface area contributed by atoms with E-state index in [-0.39, 0.29) is 17.4 Å². The van der Waals surface area contributed by atoms with Crippen molar-refractivity contribution in [2.45, 2.75) is 39.9 Å². The zero-order valence-corrected chi connectivity index (χ0v) is 19.9. The molecule has 4 aromatic rings. The highest BCUT2D eigenvalue weighted by atomic mass is 35.5. The fourth-order valence-corrected chi connectivity index (χ4v) is 4.10. The van der Waals surface area contributed by atoms with E-state index in [1.54, 1.807) is 58.3 Å². The minimum Gasteiger partial charge on any atom is -0.484 e. The standard InChI is InChI=1S/C22H21ClFN5O3S/c1-12-13(2)29(21(30)19(23)20(12)32-11-18-26-10-16(24)33-18)14-5-7-25-17(9-14)28-8-6-15(27-28)22(3,4)31/h5-10,31H,11H2,1-4H3. The second-order valence-corrected chi connectivity index (χ2v) is 9.36. The summed E-state index contributed by atoms with van der Waals surface area (Å²) in [5.74, 6) is 0.705. The SMILES string of the molecule is Cc1c(OCc2ncc(F)s2)c(Cl)c(=O)n(-c2ccnc(-n3ccc(C(C)(C)O)n3)c2)c1C. The van der Waals surface area contributed by atoms with Crippen molar-refractivity contribution in [3.63, 3.8) is 0 Å². The molecule has 0 saturated carbocycles. The van der Waals surface area contributed by atoms with Crippen LogP contribution in [0.3, 0.4) is 0 Å². The van der Waals surface area contributed by atoms with Gasteiger partial charge in [-0.3, -0.25) is 9.36 Å². The lowest BCUT2D eigenvalue weighted by Gasteiger charge is -2.18. The number of hydrogen-bond acceptors (Lipinski definition) is 7. The van der Waals surface area contributed by atoms with Crippen LogP contribution in [-0.4, -0.2) is 29.4 Å². The lowest BCUT2D eigenvalue weighted by atomic mass is 10.1. The Morgan fingerprint density at radius 2 is 2.03 bits per heavy atom. The minimum atomic E-state index is -1.10. The number of aliphatic hydroxyl groups is 1. The first kappa shape index (κ1) is 23.1. The molecule has 0 bridgehead atoms. The number of rotatable bonds is 6. The van der Waals surface area contributed by atoms with Crippen LogP contribution >= 0.6 is 22.9 Å². The van der Waals surface area contributed by atoms with Crippen LogP contribution in [-0.2, 0) is 12.2 Å². The molecule has 1 N–H and O–H groups in total. The molecule has 0 aromatic carbocycles. The van der Waals surface area contributed by atoms with Crippen molar-refractivity contribution in [1.29, 1.82) is 0 Å². The lowest BCUT2D eigenvalue weighted by Crippen LogP contribution is -2.23. The molecule has 33 heavy (non-hydrogen) atoms. The normalized spacial score (nSPS) is 11.7. The number of halogens is 2. The molecular weight excluding hydrogens is 469 g/mol. The van der Waals surface area contributed by atoms with Gasteiger partial charge in [-0.15, -0.1) is 0 Å². The fourth-order valence-electron chi connectivity index (χ4n) is 3.27. The van der Waals surface area contributed by atoms with Gasteiger partial charge in [-0.05, 0) is 39.8 Å². The molecule has 4 aromatic heterocycles. The van der Waals surface area contributed by atoms with Crippen LogP contribution in [0.4, 0.5) is 4.39 Å². The third-order valence-electron chi connectivity index (χ3n) is 5.11. The summed E-state index contributed by atoms with van der Waals surface area (Å²) < 4.78 is 21.9. The van der Waals surface area contributed by atoms with Crippen molar-refractivity contribution in [1.82, 2.24) is 24.3 Å². The topological polar surface area (TPSA) is 95.1 Å². The van der Waals surface area contributed by atoms with E-state index in [4.69, 9.17) is 16.3 Å². The molecule has 0 spiro atoms. The molecule has 0 atom stereocenters. The predicted molar refractivity (Wildman–Crippen MR) is 123 cm³/mol. The molecule has 0 unspecified atom stereocenters. The van der Waals surface area contributed by atoms with E-state index < -0.39 is 16.3 Å². The summed E-state index contributed by atoms with van der Waals surface area (Å²) in [6, 6.07) is 5.09. The van der Waals surface area contributed by atoms with E-state index in [1.807, 2.05) is 0 Å². The summed E-state index contributed by atoms with van der Waals surface area (Å²) in [6.07, 6.45) is 4.37. The second kappa shape index (κ2) is 8.69. The molecule has 172 valence electrons. The van der Waals surface area contributed by atoms with Crippen molar-refractivity contribution >= 4 is 22.9 Å². The first-order chi connectivity index (χ1) is 15.6. The summed E-state index contributed by atoms with van der Waals surface area (Å²) in [5.41, 5.74) is 0.763. The third kappa shape index (κ3) is 4.54. The van der Waals surface area contributed by atoms with E-state index in [0.29, 0.717) is 33.5 Å². The molecule has 0 aliphatic heterocycles. The molecule has 0 aliphatic rings. The molecule has 0 fully saturated rings. The molecular formula is C22H21ClFN5O3S. The molecule has 0 amide bonds. The average Bonchev–Trinajstić information content (AvgIpc) is 3.42. The van der Waals surface area contributed by atoms with Gasteiger partial charge in [0.15, 0.2) is 10.9 Å². The summed E-state index contributed by atoms with van der Waals surface area (Å²) in [7, 11) is 0. The van der Waals surface area contributed by atoms with Gasteiger partial charge in [0, 0.05) is 29.7 Å². The minimum absolute atomic E-state index is 0.000280. The van der Waals surface area contributed by atoms with Crippen LogP contribution < -0.4 is 10.3 Å². The van der Waals surface area contributed by atoms with E-state index in [2.05, 4.69) is 15.1 Å². The highest BCUT2D eigenvalue weighted by Crippen LogP contribution is 2.30. The summed E-state index contributed by atoms with van der Waals surface area (Å²) in [6.45, 7) is 6.86. The molecule has 4 rings (SSSR count). The van der Waals surface area contributed by atoms with Gasteiger partial charge in [0.1, 0.15) is 28.0 Å². The molecule has 4 heterocycles. The van der Waals surface area contributed by atoms with Crippen molar-refractivity contribution < 1.29 is 14.2 Å². The van der Waals surface area contributed by atoms with Gasteiger partial charge in [-0.1, -0.05) is 22.9 Å². The second-order valence-electron chi connectivity index (χ2n) is 7.92. The average molecular weight is 490 g/mol. The van der Waals surface area contributed by atoms with Crippen LogP contribution in [0.2, 0.25) is 5.02 Å². The van der Waals surface area contributed by atoms with Crippen LogP contribution in [0.15, 0.2) is 41.6 Å². The molecule has 8 nitrogen and oxygen atoms in total. The summed E-state index contributed by atoms with van der Waals surface area (Å²) >= 11 is 7.27. The van der Waals surface area contributed by atoms with Crippen molar-refractivity contribution in [3.05, 3.63) is 79.3 Å². The Morgan fingerprint density at radius 3 is 2.67 bits per heavy atom. The quantitative estimate of drug-likeness (QED) is 0.438. The van der Waals surface area contributed by atoms with Crippen LogP contribution in [0.5, 0.6) is 5.75 Å². The molecule has 0 saturated heterocycles. The van der Waals surface area contributed by atoms with Crippen molar-refractivity contribution in [2.75, 3.05) is 0 Å². The Hall–Kier alpha value is -3.08. The fraction of sp³-hybridized carbons (Fsp3) is 0.273. The lowest BCUT2D eigenvalue weighted by molar-refractivity contribution is 0.0734. The number of pyridine rings is 2. The molecule has 0 aliphatic carbocycles. The van der Waals surface area contributed by atoms with Crippen molar-refractivity contribution in [3.8, 4) is 17.3 Å². The van der Waals surface area contributed by atoms with Gasteiger partial charge in [0.25, 0.3) is 5.56 Å². The maximum absolute atomic E-state index is 13.2. The van der Waals surface area contributed by atoms with E-state index in [0.717, 1.165) is 17.5 Å². The maximum atomic E-state index is 13.2. The molecule has 0 radical (unpaired) electrons. The Bertz CT molecular complexity index is 1390. The number of ether oxygens (including phenoxy) is 1. The van der Waals surface area contributed by atoms with Gasteiger partial charge in [0.2, 0.25) is 0 Å². The van der Waals surface area contributed by atoms with Gasteiger partial charge >= 0.3 is 0 Å². The van der Waals surface area contributed by atoms with Gasteiger partial charge in [-0.25, -0.2) is 14.6 Å².